The van der Waals surface area contributed by atoms with Gasteiger partial charge in [0.15, 0.2) is 0 Å². The van der Waals surface area contributed by atoms with Crippen molar-refractivity contribution in [3.8, 4) is 23.2 Å². The highest BCUT2D eigenvalue weighted by atomic mass is 19.4. The Morgan fingerprint density at radius 3 is 2.76 bits per heavy atom. The zero-order chi connectivity index (χ0) is 28.6. The van der Waals surface area contributed by atoms with Crippen LogP contribution in [0.1, 0.15) is 43.4 Å². The molecule has 0 amide bonds. The number of hydrogen-bond acceptors (Lipinski definition) is 8. The third-order valence-electron chi connectivity index (χ3n) is 8.15. The molecule has 0 unspecified atom stereocenters. The lowest BCUT2D eigenvalue weighted by molar-refractivity contribution is -0.141. The average molecular weight is 566 g/mol. The number of pyridine rings is 1. The monoisotopic (exact) mass is 565 g/mol. The highest BCUT2D eigenvalue weighted by Crippen LogP contribution is 2.45. The van der Waals surface area contributed by atoms with E-state index in [0.29, 0.717) is 37.4 Å². The molecule has 5 heterocycles. The minimum absolute atomic E-state index is 0.00953. The average Bonchev–Trinajstić information content (AvgIpc) is 3.61. The molecule has 0 spiro atoms. The molecule has 2 aliphatic rings. The number of H-pyrrole nitrogens is 1. The number of nitrogens with zero attached hydrogens (tertiary/aromatic N) is 7. The predicted octanol–water partition coefficient (Wildman–Crippen LogP) is 4.27. The Morgan fingerprint density at radius 2 is 2.02 bits per heavy atom. The van der Waals surface area contributed by atoms with Crippen LogP contribution in [0.4, 0.5) is 13.2 Å². The van der Waals surface area contributed by atoms with Gasteiger partial charge in [-0.3, -0.25) is 9.58 Å². The van der Waals surface area contributed by atoms with E-state index < -0.39 is 11.9 Å². The summed E-state index contributed by atoms with van der Waals surface area (Å²) in [6, 6.07) is 7.20. The molecule has 0 atom stereocenters. The summed E-state index contributed by atoms with van der Waals surface area (Å²) in [7, 11) is 1.68. The van der Waals surface area contributed by atoms with Crippen LogP contribution in [0.3, 0.4) is 0 Å². The van der Waals surface area contributed by atoms with Gasteiger partial charge in [0.2, 0.25) is 5.88 Å². The van der Waals surface area contributed by atoms with Crippen LogP contribution in [0.25, 0.3) is 22.3 Å². The van der Waals surface area contributed by atoms with Crippen LogP contribution in [0.15, 0.2) is 43.1 Å². The number of rotatable bonds is 8. The number of aromatic nitrogens is 6. The Morgan fingerprint density at radius 1 is 1.22 bits per heavy atom. The van der Waals surface area contributed by atoms with E-state index in [1.165, 1.54) is 6.33 Å². The molecule has 214 valence electrons. The van der Waals surface area contributed by atoms with Crippen molar-refractivity contribution in [2.75, 3.05) is 20.1 Å². The molecule has 4 aromatic heterocycles. The Bertz CT molecular complexity index is 1560. The van der Waals surface area contributed by atoms with Gasteiger partial charge in [0.1, 0.15) is 23.8 Å². The fraction of sp³-hybridized carbons (Fsp3) is 0.464. The van der Waals surface area contributed by atoms with Crippen LogP contribution < -0.4 is 10.1 Å². The van der Waals surface area contributed by atoms with Crippen LogP contribution in [-0.4, -0.2) is 66.9 Å². The van der Waals surface area contributed by atoms with Gasteiger partial charge in [0.25, 0.3) is 0 Å². The first-order chi connectivity index (χ1) is 19.8. The minimum Gasteiger partial charge on any atom is -0.474 e. The topological polar surface area (TPSA) is 121 Å². The molecule has 0 aromatic carbocycles. The summed E-state index contributed by atoms with van der Waals surface area (Å²) < 4.78 is 47.9. The summed E-state index contributed by atoms with van der Waals surface area (Å²) in [5.74, 6) is 0.00953. The molecule has 0 bridgehead atoms. The van der Waals surface area contributed by atoms with Gasteiger partial charge >= 0.3 is 6.18 Å². The van der Waals surface area contributed by atoms with Gasteiger partial charge in [0, 0.05) is 55.1 Å². The molecule has 10 nitrogen and oxygen atoms in total. The number of likely N-dealkylation sites (tertiary alicyclic amines) is 1. The fourth-order valence-electron chi connectivity index (χ4n) is 6.04. The minimum atomic E-state index is -4.54. The van der Waals surface area contributed by atoms with Crippen molar-refractivity contribution in [3.05, 3.63) is 54.4 Å². The first-order valence-electron chi connectivity index (χ1n) is 13.6. The number of aromatic amines is 1. The van der Waals surface area contributed by atoms with Gasteiger partial charge in [-0.25, -0.2) is 15.0 Å². The van der Waals surface area contributed by atoms with Crippen molar-refractivity contribution in [1.82, 2.24) is 39.9 Å². The van der Waals surface area contributed by atoms with Crippen LogP contribution in [-0.2, 0) is 18.3 Å². The van der Waals surface area contributed by atoms with E-state index in [1.807, 2.05) is 23.1 Å². The van der Waals surface area contributed by atoms with Crippen molar-refractivity contribution in [2.45, 2.75) is 62.5 Å². The highest BCUT2D eigenvalue weighted by molar-refractivity contribution is 5.90. The number of hydrogen-bond donors (Lipinski definition) is 2. The zero-order valence-electron chi connectivity index (χ0n) is 22.5. The van der Waals surface area contributed by atoms with Crippen LogP contribution in [0.5, 0.6) is 5.88 Å². The molecular formula is C28H30F3N9O. The summed E-state index contributed by atoms with van der Waals surface area (Å²) in [4.78, 5) is 17.9. The maximum atomic E-state index is 13.4. The first kappa shape index (κ1) is 27.2. The van der Waals surface area contributed by atoms with Crippen molar-refractivity contribution >= 4 is 11.0 Å². The number of alkyl halides is 3. The van der Waals surface area contributed by atoms with Gasteiger partial charge in [-0.2, -0.15) is 23.5 Å². The van der Waals surface area contributed by atoms with E-state index in [-0.39, 0.29) is 17.5 Å². The Balaban J connectivity index is 1.09. The Kier molecular flexibility index (Phi) is 7.13. The predicted molar refractivity (Wildman–Crippen MR) is 144 cm³/mol. The SMILES string of the molecule is CNCc1cc(OC2CCN([C@H]3C[C@@](CC#N)(n4cc(-c5ncnc6[nH]ccc56)cn4)C3)CC2)nc(C(F)(F)F)c1. The number of piperidine rings is 1. The second-order valence-corrected chi connectivity index (χ2v) is 10.8. The number of nitriles is 1. The Hall–Kier alpha value is -4.02. The molecule has 2 N–H and O–H groups in total. The molecule has 4 aromatic rings. The molecule has 1 saturated carbocycles. The second-order valence-electron chi connectivity index (χ2n) is 10.8. The normalized spacial score (nSPS) is 22.0. The van der Waals surface area contributed by atoms with Crippen LogP contribution in [0, 0.1) is 11.3 Å². The van der Waals surface area contributed by atoms with Crippen molar-refractivity contribution in [1.29, 1.82) is 5.26 Å². The molecule has 1 aliphatic heterocycles. The lowest BCUT2D eigenvalue weighted by Gasteiger charge is -2.52. The van der Waals surface area contributed by atoms with Gasteiger partial charge in [-0.05, 0) is 50.4 Å². The maximum absolute atomic E-state index is 13.4. The molecule has 1 saturated heterocycles. The largest absolute Gasteiger partial charge is 0.474 e. The number of fused-ring (bicyclic) bond motifs is 1. The lowest BCUT2D eigenvalue weighted by Crippen LogP contribution is -2.58. The molecule has 1 aliphatic carbocycles. The van der Waals surface area contributed by atoms with Crippen LogP contribution in [0.2, 0.25) is 0 Å². The molecular weight excluding hydrogens is 535 g/mol. The third kappa shape index (κ3) is 5.37. The number of halogens is 3. The summed E-state index contributed by atoms with van der Waals surface area (Å²) in [5, 5.41) is 18.1. The van der Waals surface area contributed by atoms with Crippen molar-refractivity contribution in [2.24, 2.45) is 0 Å². The number of nitrogens with one attached hydrogen (secondary N) is 2. The zero-order valence-corrected chi connectivity index (χ0v) is 22.5. The van der Waals surface area contributed by atoms with Crippen molar-refractivity contribution < 1.29 is 17.9 Å². The lowest BCUT2D eigenvalue weighted by atomic mass is 9.69. The smallest absolute Gasteiger partial charge is 0.433 e. The van der Waals surface area contributed by atoms with Crippen molar-refractivity contribution in [3.63, 3.8) is 0 Å². The van der Waals surface area contributed by atoms with E-state index in [2.05, 4.69) is 41.3 Å². The van der Waals surface area contributed by atoms with E-state index in [1.54, 1.807) is 19.3 Å². The van der Waals surface area contributed by atoms with E-state index >= 15 is 0 Å². The second kappa shape index (κ2) is 10.8. The van der Waals surface area contributed by atoms with E-state index in [0.717, 1.165) is 54.3 Å². The molecule has 0 radical (unpaired) electrons. The maximum Gasteiger partial charge on any atom is 0.433 e. The number of ether oxygens (including phenoxy) is 1. The van der Waals surface area contributed by atoms with Gasteiger partial charge in [-0.1, -0.05) is 0 Å². The van der Waals surface area contributed by atoms with Gasteiger partial charge in [-0.15, -0.1) is 0 Å². The van der Waals surface area contributed by atoms with Gasteiger partial charge in [0.05, 0.1) is 29.9 Å². The molecule has 41 heavy (non-hydrogen) atoms. The molecule has 13 heteroatoms. The van der Waals surface area contributed by atoms with E-state index in [4.69, 9.17) is 4.74 Å². The van der Waals surface area contributed by atoms with Gasteiger partial charge < -0.3 is 15.0 Å². The summed E-state index contributed by atoms with van der Waals surface area (Å²) in [6.45, 7) is 1.81. The Labute approximate surface area is 234 Å². The summed E-state index contributed by atoms with van der Waals surface area (Å²) in [6.07, 6.45) is 5.66. The standard InChI is InChI=1S/C28H30F3N9O/c1-33-14-18-10-23(28(29,30)31)38-24(11-18)41-21-3-8-39(9-4-21)20-12-27(13-20,5-6-32)40-16-19(15-37-40)25-22-2-7-34-26(22)36-17-35-25/h2,7,10-11,15-17,20-21,33H,3-5,8-9,12-14H2,1H3,(H,34,35,36)/t20-,27+. The fourth-order valence-corrected chi connectivity index (χ4v) is 6.04. The first-order valence-corrected chi connectivity index (χ1v) is 13.6. The molecule has 6 rings (SSSR count). The summed E-state index contributed by atoms with van der Waals surface area (Å²) >= 11 is 0. The molecule has 2 fully saturated rings. The quantitative estimate of drug-likeness (QED) is 0.325. The summed E-state index contributed by atoms with van der Waals surface area (Å²) in [5.41, 5.74) is 1.57. The highest BCUT2D eigenvalue weighted by Gasteiger charge is 2.49. The van der Waals surface area contributed by atoms with E-state index in [9.17, 15) is 18.4 Å². The van der Waals surface area contributed by atoms with Crippen LogP contribution >= 0.6 is 0 Å². The third-order valence-corrected chi connectivity index (χ3v) is 8.15.